The molecule has 11 rings (SSSR count). The van der Waals surface area contributed by atoms with Gasteiger partial charge in [0.05, 0.1) is 17.1 Å². The number of fused-ring (bicyclic) bond motifs is 5. The van der Waals surface area contributed by atoms with Gasteiger partial charge in [0, 0.05) is 33.9 Å². The van der Waals surface area contributed by atoms with Gasteiger partial charge in [-0.2, -0.15) is 0 Å². The fraction of sp³-hybridized carbons (Fsp3) is 0.0517. The molecule has 2 heterocycles. The van der Waals surface area contributed by atoms with E-state index in [1.54, 1.807) is 0 Å². The third-order valence-corrected chi connectivity index (χ3v) is 12.3. The monoisotopic (exact) mass is 779 g/mol. The van der Waals surface area contributed by atoms with Crippen LogP contribution in [-0.4, -0.2) is 15.0 Å². The maximum Gasteiger partial charge on any atom is 0.160 e. The molecule has 288 valence electrons. The zero-order valence-electron chi connectivity index (χ0n) is 34.0. The third-order valence-electron chi connectivity index (χ3n) is 12.3. The Morgan fingerprint density at radius 1 is 0.344 bits per heavy atom. The molecule has 2 aromatic heterocycles. The first-order valence-electron chi connectivity index (χ1n) is 20.9. The maximum atomic E-state index is 5.14. The van der Waals surface area contributed by atoms with E-state index in [-0.39, 0.29) is 5.41 Å². The van der Waals surface area contributed by atoms with E-state index in [1.165, 1.54) is 55.3 Å². The number of pyridine rings is 1. The van der Waals surface area contributed by atoms with E-state index in [2.05, 4.69) is 189 Å². The lowest BCUT2D eigenvalue weighted by Crippen LogP contribution is -2.14. The quantitative estimate of drug-likeness (QED) is 0.162. The van der Waals surface area contributed by atoms with E-state index >= 15 is 0 Å². The van der Waals surface area contributed by atoms with Crippen LogP contribution in [0.2, 0.25) is 0 Å². The Hall–Kier alpha value is -7.75. The van der Waals surface area contributed by atoms with E-state index in [0.717, 1.165) is 50.5 Å². The molecule has 1 aliphatic carbocycles. The zero-order valence-corrected chi connectivity index (χ0v) is 34.0. The summed E-state index contributed by atoms with van der Waals surface area (Å²) in [5, 5.41) is 2.60. The van der Waals surface area contributed by atoms with Crippen molar-refractivity contribution in [1.29, 1.82) is 0 Å². The topological polar surface area (TPSA) is 38.7 Å². The summed E-state index contributed by atoms with van der Waals surface area (Å²) < 4.78 is 0. The highest BCUT2D eigenvalue weighted by molar-refractivity contribution is 6.03. The summed E-state index contributed by atoms with van der Waals surface area (Å²) in [6.45, 7) is 4.71. The van der Waals surface area contributed by atoms with Crippen molar-refractivity contribution in [3.05, 3.63) is 224 Å². The highest BCUT2D eigenvalue weighted by atomic mass is 14.9. The second-order valence-corrected chi connectivity index (χ2v) is 16.5. The Balaban J connectivity index is 0.932. The first kappa shape index (κ1) is 36.3. The lowest BCUT2D eigenvalue weighted by molar-refractivity contribution is 0.661. The van der Waals surface area contributed by atoms with Crippen LogP contribution >= 0.6 is 0 Å². The molecule has 0 aliphatic heterocycles. The number of aromatic nitrogens is 3. The molecule has 0 saturated heterocycles. The lowest BCUT2D eigenvalue weighted by Gasteiger charge is -2.21. The van der Waals surface area contributed by atoms with Crippen molar-refractivity contribution in [3.8, 4) is 89.7 Å². The van der Waals surface area contributed by atoms with Gasteiger partial charge in [-0.1, -0.05) is 178 Å². The molecule has 1 aliphatic rings. The molecule has 0 spiro atoms. The Bertz CT molecular complexity index is 3260. The highest BCUT2D eigenvalue weighted by Crippen LogP contribution is 2.52. The average Bonchev–Trinajstić information content (AvgIpc) is 3.57. The molecular formula is C58H41N3. The minimum absolute atomic E-state index is 0.0556. The molecule has 61 heavy (non-hydrogen) atoms. The molecule has 3 heteroatoms. The zero-order chi connectivity index (χ0) is 40.9. The van der Waals surface area contributed by atoms with Crippen LogP contribution in [0.15, 0.2) is 212 Å². The van der Waals surface area contributed by atoms with Crippen molar-refractivity contribution < 1.29 is 0 Å². The van der Waals surface area contributed by atoms with Gasteiger partial charge >= 0.3 is 0 Å². The van der Waals surface area contributed by atoms with Crippen LogP contribution in [0.4, 0.5) is 0 Å². The highest BCUT2D eigenvalue weighted by Gasteiger charge is 2.36. The third kappa shape index (κ3) is 6.61. The molecule has 0 bridgehead atoms. The van der Waals surface area contributed by atoms with Gasteiger partial charge in [-0.25, -0.2) is 9.97 Å². The van der Waals surface area contributed by atoms with Gasteiger partial charge in [0.15, 0.2) is 5.82 Å². The van der Waals surface area contributed by atoms with Crippen molar-refractivity contribution in [2.45, 2.75) is 19.3 Å². The molecule has 0 atom stereocenters. The Morgan fingerprint density at radius 3 is 1.51 bits per heavy atom. The molecule has 10 aromatic rings. The summed E-state index contributed by atoms with van der Waals surface area (Å²) in [4.78, 5) is 14.7. The SMILES string of the molecule is CC1(C)c2ccc(-c3cccc(-c4cccc(-c5cccc(-c6cc(-c7ccc(-c8ccccn8)cc7)nc(-c7ccccc7)n6)c5)c4)c3)cc2-c2c1ccc1ccccc21. The first-order chi connectivity index (χ1) is 30.0. The van der Waals surface area contributed by atoms with Gasteiger partial charge in [0.25, 0.3) is 0 Å². The molecule has 0 fully saturated rings. The maximum absolute atomic E-state index is 5.14. The average molecular weight is 780 g/mol. The number of nitrogens with zero attached hydrogens (tertiary/aromatic N) is 3. The number of hydrogen-bond donors (Lipinski definition) is 0. The van der Waals surface area contributed by atoms with Gasteiger partial charge in [-0.15, -0.1) is 0 Å². The van der Waals surface area contributed by atoms with Gasteiger partial charge in [-0.3, -0.25) is 4.98 Å². The molecule has 0 saturated carbocycles. The summed E-state index contributed by atoms with van der Waals surface area (Å²) in [7, 11) is 0. The normalized spacial score (nSPS) is 12.6. The standard InChI is InChI=1S/C58H41N3/c1-58(2)51-30-29-47(36-50(51)56-49-22-7-6-13-38(49)28-31-52(56)58)45-19-11-17-43(34-45)42-16-10-18-44(33-42)46-20-12-21-48(35-46)55-37-54(60-57(61-55)41-14-4-3-5-15-41)40-26-24-39(25-27-40)53-23-8-9-32-59-53/h3-37H,1-2H3. The van der Waals surface area contributed by atoms with Crippen molar-refractivity contribution in [2.24, 2.45) is 0 Å². The van der Waals surface area contributed by atoms with Crippen LogP contribution in [0.1, 0.15) is 25.0 Å². The van der Waals surface area contributed by atoms with Gasteiger partial charge in [0.1, 0.15) is 0 Å². The molecule has 0 unspecified atom stereocenters. The van der Waals surface area contributed by atoms with E-state index in [4.69, 9.17) is 9.97 Å². The minimum Gasteiger partial charge on any atom is -0.256 e. The van der Waals surface area contributed by atoms with Gasteiger partial charge in [0.2, 0.25) is 0 Å². The van der Waals surface area contributed by atoms with E-state index in [0.29, 0.717) is 5.82 Å². The molecule has 3 nitrogen and oxygen atoms in total. The van der Waals surface area contributed by atoms with Crippen molar-refractivity contribution in [3.63, 3.8) is 0 Å². The Kier molecular flexibility index (Phi) is 8.82. The van der Waals surface area contributed by atoms with E-state index in [1.807, 2.05) is 42.6 Å². The van der Waals surface area contributed by atoms with Crippen LogP contribution in [0.25, 0.3) is 100 Å². The summed E-state index contributed by atoms with van der Waals surface area (Å²) in [6.07, 6.45) is 1.82. The van der Waals surface area contributed by atoms with Gasteiger partial charge in [-0.05, 0) is 109 Å². The van der Waals surface area contributed by atoms with Gasteiger partial charge < -0.3 is 0 Å². The molecule has 8 aromatic carbocycles. The summed E-state index contributed by atoms with van der Waals surface area (Å²) in [6, 6.07) is 73.7. The van der Waals surface area contributed by atoms with E-state index in [9.17, 15) is 0 Å². The predicted octanol–water partition coefficient (Wildman–Crippen LogP) is 15.0. The van der Waals surface area contributed by atoms with Crippen LogP contribution in [0.3, 0.4) is 0 Å². The van der Waals surface area contributed by atoms with E-state index < -0.39 is 0 Å². The molecule has 0 radical (unpaired) electrons. The number of hydrogen-bond acceptors (Lipinski definition) is 3. The minimum atomic E-state index is -0.0556. The second kappa shape index (κ2) is 14.8. The molecular weight excluding hydrogens is 739 g/mol. The fourth-order valence-corrected chi connectivity index (χ4v) is 9.12. The largest absolute Gasteiger partial charge is 0.256 e. The fourth-order valence-electron chi connectivity index (χ4n) is 9.12. The van der Waals surface area contributed by atoms with Crippen LogP contribution in [0.5, 0.6) is 0 Å². The smallest absolute Gasteiger partial charge is 0.160 e. The number of benzene rings is 8. The summed E-state index contributed by atoms with van der Waals surface area (Å²) in [5.41, 5.74) is 19.3. The predicted molar refractivity (Wildman–Crippen MR) is 253 cm³/mol. The second-order valence-electron chi connectivity index (χ2n) is 16.5. The van der Waals surface area contributed by atoms with Crippen molar-refractivity contribution in [1.82, 2.24) is 15.0 Å². The molecule has 0 N–H and O–H groups in total. The Labute approximate surface area is 356 Å². The lowest BCUT2D eigenvalue weighted by atomic mass is 9.82. The van der Waals surface area contributed by atoms with Crippen LogP contribution in [-0.2, 0) is 5.41 Å². The Morgan fingerprint density at radius 2 is 0.852 bits per heavy atom. The van der Waals surface area contributed by atoms with Crippen LogP contribution in [0, 0.1) is 0 Å². The molecule has 0 amide bonds. The van der Waals surface area contributed by atoms with Crippen molar-refractivity contribution in [2.75, 3.05) is 0 Å². The first-order valence-corrected chi connectivity index (χ1v) is 20.9. The van der Waals surface area contributed by atoms with Crippen LogP contribution < -0.4 is 0 Å². The van der Waals surface area contributed by atoms with Crippen molar-refractivity contribution >= 4 is 10.8 Å². The number of rotatable bonds is 7. The summed E-state index contributed by atoms with van der Waals surface area (Å²) in [5.74, 6) is 0.693. The summed E-state index contributed by atoms with van der Waals surface area (Å²) >= 11 is 0.